The molecule has 0 saturated carbocycles. The highest BCUT2D eigenvalue weighted by Crippen LogP contribution is 2.31. The molecule has 11 nitrogen and oxygen atoms in total. The number of halogens is 1. The molecule has 13 heteroatoms. The second kappa shape index (κ2) is 9.97. The van der Waals surface area contributed by atoms with Crippen molar-refractivity contribution in [2.24, 2.45) is 7.05 Å². The van der Waals surface area contributed by atoms with Crippen molar-refractivity contribution in [1.29, 1.82) is 0 Å². The van der Waals surface area contributed by atoms with Crippen LogP contribution in [0.1, 0.15) is 48.0 Å². The average molecular weight is 566 g/mol. The van der Waals surface area contributed by atoms with Crippen LogP contribution in [0.2, 0.25) is 0 Å². The smallest absolute Gasteiger partial charge is 0.283 e. The summed E-state index contributed by atoms with van der Waals surface area (Å²) in [7, 11) is -2.61. The SMILES string of the molecule is CC(=O)NS(=O)(=O)c1nc(C)ncc1N[C@H](C)c1cc(C)cc2c(=O)n(C)c(N3Cc4ccc(F)cc4C3)nc12. The van der Waals surface area contributed by atoms with Crippen LogP contribution in [-0.2, 0) is 35.0 Å². The minimum Gasteiger partial charge on any atom is -0.375 e. The van der Waals surface area contributed by atoms with Gasteiger partial charge in [0, 0.05) is 32.6 Å². The number of aryl methyl sites for hydroxylation is 2. The van der Waals surface area contributed by atoms with Crippen LogP contribution in [0.5, 0.6) is 0 Å². The summed E-state index contributed by atoms with van der Waals surface area (Å²) in [5.41, 5.74) is 3.56. The van der Waals surface area contributed by atoms with E-state index in [1.54, 1.807) is 33.0 Å². The van der Waals surface area contributed by atoms with Gasteiger partial charge in [0.1, 0.15) is 11.6 Å². The first-order chi connectivity index (χ1) is 18.8. The van der Waals surface area contributed by atoms with Crippen molar-refractivity contribution >= 4 is 38.5 Å². The first kappa shape index (κ1) is 27.2. The lowest BCUT2D eigenvalue weighted by Gasteiger charge is -2.23. The number of amides is 1. The molecule has 1 aliphatic heterocycles. The Bertz CT molecular complexity index is 1860. The number of sulfonamides is 1. The normalized spacial score (nSPS) is 13.8. The van der Waals surface area contributed by atoms with E-state index in [0.717, 1.165) is 23.6 Å². The first-order valence-electron chi connectivity index (χ1n) is 12.5. The lowest BCUT2D eigenvalue weighted by molar-refractivity contribution is -0.117. The number of hydrogen-bond donors (Lipinski definition) is 2. The summed E-state index contributed by atoms with van der Waals surface area (Å²) in [4.78, 5) is 40.1. The van der Waals surface area contributed by atoms with Crippen molar-refractivity contribution in [2.45, 2.75) is 51.9 Å². The zero-order chi connectivity index (χ0) is 28.9. The quantitative estimate of drug-likeness (QED) is 0.338. The third kappa shape index (κ3) is 4.99. The van der Waals surface area contributed by atoms with E-state index in [2.05, 4.69) is 15.3 Å². The second-order valence-corrected chi connectivity index (χ2v) is 11.6. The highest BCUT2D eigenvalue weighted by atomic mass is 32.2. The molecule has 3 heterocycles. The zero-order valence-corrected chi connectivity index (χ0v) is 23.4. The van der Waals surface area contributed by atoms with E-state index in [9.17, 15) is 22.4 Å². The number of benzene rings is 2. The van der Waals surface area contributed by atoms with E-state index in [-0.39, 0.29) is 27.9 Å². The molecule has 2 aromatic heterocycles. The molecule has 0 aliphatic carbocycles. The molecule has 0 fully saturated rings. The van der Waals surface area contributed by atoms with E-state index in [1.165, 1.54) is 22.9 Å². The third-order valence-corrected chi connectivity index (χ3v) is 8.13. The van der Waals surface area contributed by atoms with Crippen LogP contribution < -0.4 is 20.5 Å². The van der Waals surface area contributed by atoms with Gasteiger partial charge in [-0.15, -0.1) is 0 Å². The minimum atomic E-state index is -4.27. The summed E-state index contributed by atoms with van der Waals surface area (Å²) in [5, 5.41) is 3.17. The lowest BCUT2D eigenvalue weighted by atomic mass is 10.0. The summed E-state index contributed by atoms with van der Waals surface area (Å²) < 4.78 is 42.9. The number of rotatable bonds is 6. The standard InChI is InChI=1S/C27H28FN7O4S/c1-14-8-21(15(2)30-23-11-29-16(3)31-25(23)40(38,39)33-17(4)36)24-22(9-14)26(37)34(5)27(32-24)35-12-18-6-7-20(28)10-19(18)13-35/h6-11,15,30H,12-13H2,1-5H3,(H,33,36)/t15-/m1/s1. The predicted octanol–water partition coefficient (Wildman–Crippen LogP) is 3.00. The Kier molecular flexibility index (Phi) is 6.78. The average Bonchev–Trinajstić information content (AvgIpc) is 3.29. The maximum atomic E-state index is 13.8. The summed E-state index contributed by atoms with van der Waals surface area (Å²) in [6, 6.07) is 7.74. The molecule has 208 valence electrons. The van der Waals surface area contributed by atoms with E-state index in [4.69, 9.17) is 4.98 Å². The predicted molar refractivity (Wildman–Crippen MR) is 148 cm³/mol. The van der Waals surface area contributed by atoms with Crippen LogP contribution >= 0.6 is 0 Å². The topological polar surface area (TPSA) is 139 Å². The molecular weight excluding hydrogens is 537 g/mol. The van der Waals surface area contributed by atoms with Crippen LogP contribution in [0.15, 0.2) is 46.3 Å². The number of nitrogens with one attached hydrogen (secondary N) is 2. The van der Waals surface area contributed by atoms with Gasteiger partial charge in [-0.25, -0.2) is 24.1 Å². The van der Waals surface area contributed by atoms with Gasteiger partial charge in [-0.1, -0.05) is 12.1 Å². The van der Waals surface area contributed by atoms with Gasteiger partial charge in [-0.3, -0.25) is 14.2 Å². The molecule has 1 atom stereocenters. The number of anilines is 2. The molecule has 40 heavy (non-hydrogen) atoms. The van der Waals surface area contributed by atoms with Gasteiger partial charge >= 0.3 is 0 Å². The number of carbonyl (C=O) groups is 1. The van der Waals surface area contributed by atoms with Crippen LogP contribution in [0.25, 0.3) is 10.9 Å². The fourth-order valence-electron chi connectivity index (χ4n) is 4.96. The lowest BCUT2D eigenvalue weighted by Crippen LogP contribution is -2.30. The fraction of sp³-hybridized carbons (Fsp3) is 0.296. The number of nitrogens with zero attached hydrogens (tertiary/aromatic N) is 5. The Morgan fingerprint density at radius 3 is 2.55 bits per heavy atom. The van der Waals surface area contributed by atoms with E-state index in [1.807, 2.05) is 22.6 Å². The number of fused-ring (bicyclic) bond motifs is 2. The Hall–Kier alpha value is -4.39. The van der Waals surface area contributed by atoms with E-state index < -0.39 is 22.0 Å². The summed E-state index contributed by atoms with van der Waals surface area (Å²) in [6.45, 7) is 7.17. The molecule has 0 spiro atoms. The summed E-state index contributed by atoms with van der Waals surface area (Å²) in [5.74, 6) is -0.429. The van der Waals surface area contributed by atoms with Crippen molar-refractivity contribution < 1.29 is 17.6 Å². The number of hydrogen-bond acceptors (Lipinski definition) is 9. The minimum absolute atomic E-state index is 0.0857. The first-order valence-corrected chi connectivity index (χ1v) is 14.0. The molecule has 1 aliphatic rings. The largest absolute Gasteiger partial charge is 0.375 e. The Balaban J connectivity index is 1.59. The van der Waals surface area contributed by atoms with Gasteiger partial charge in [-0.2, -0.15) is 8.42 Å². The van der Waals surface area contributed by atoms with Crippen LogP contribution in [0, 0.1) is 19.7 Å². The summed E-state index contributed by atoms with van der Waals surface area (Å²) in [6.07, 6.45) is 1.34. The molecule has 0 saturated heterocycles. The molecule has 0 radical (unpaired) electrons. The van der Waals surface area contributed by atoms with Gasteiger partial charge in [-0.05, 0) is 55.7 Å². The molecule has 0 bridgehead atoms. The second-order valence-electron chi connectivity index (χ2n) is 9.96. The highest BCUT2D eigenvalue weighted by Gasteiger charge is 2.27. The molecule has 1 amide bonds. The highest BCUT2D eigenvalue weighted by molar-refractivity contribution is 7.90. The Labute approximate surface area is 230 Å². The van der Waals surface area contributed by atoms with Crippen LogP contribution in [0.3, 0.4) is 0 Å². The Morgan fingerprint density at radius 2 is 1.82 bits per heavy atom. The maximum Gasteiger partial charge on any atom is 0.283 e. The molecule has 4 aromatic rings. The Morgan fingerprint density at radius 1 is 1.10 bits per heavy atom. The number of carbonyl (C=O) groups excluding carboxylic acids is 1. The molecule has 2 N–H and O–H groups in total. The molecular formula is C27H28FN7O4S. The summed E-state index contributed by atoms with van der Waals surface area (Å²) >= 11 is 0. The van der Waals surface area contributed by atoms with Crippen molar-refractivity contribution in [1.82, 2.24) is 24.2 Å². The van der Waals surface area contributed by atoms with E-state index in [0.29, 0.717) is 35.5 Å². The van der Waals surface area contributed by atoms with Crippen molar-refractivity contribution in [2.75, 3.05) is 10.2 Å². The van der Waals surface area contributed by atoms with Gasteiger partial charge in [0.25, 0.3) is 15.6 Å². The number of aromatic nitrogens is 4. The molecule has 2 aromatic carbocycles. The molecule has 5 rings (SSSR count). The van der Waals surface area contributed by atoms with Gasteiger partial charge in [0.2, 0.25) is 16.9 Å². The van der Waals surface area contributed by atoms with Gasteiger partial charge < -0.3 is 10.2 Å². The van der Waals surface area contributed by atoms with Crippen molar-refractivity contribution in [3.05, 3.63) is 80.8 Å². The van der Waals surface area contributed by atoms with Gasteiger partial charge in [0.15, 0.2) is 0 Å². The maximum absolute atomic E-state index is 13.8. The van der Waals surface area contributed by atoms with Crippen molar-refractivity contribution in [3.8, 4) is 0 Å². The van der Waals surface area contributed by atoms with Crippen molar-refractivity contribution in [3.63, 3.8) is 0 Å². The van der Waals surface area contributed by atoms with E-state index >= 15 is 0 Å². The van der Waals surface area contributed by atoms with Crippen LogP contribution in [-0.4, -0.2) is 33.8 Å². The van der Waals surface area contributed by atoms with Crippen LogP contribution in [0.4, 0.5) is 16.0 Å². The fourth-order valence-corrected chi connectivity index (χ4v) is 6.09. The monoisotopic (exact) mass is 565 g/mol. The molecule has 0 unspecified atom stereocenters. The third-order valence-electron chi connectivity index (χ3n) is 6.75. The zero-order valence-electron chi connectivity index (χ0n) is 22.6. The van der Waals surface area contributed by atoms with Gasteiger partial charge in [0.05, 0.1) is 28.8 Å².